The number of benzene rings is 2. The Morgan fingerprint density at radius 3 is 2.68 bits per heavy atom. The van der Waals surface area contributed by atoms with E-state index in [4.69, 9.17) is 27.6 Å². The van der Waals surface area contributed by atoms with E-state index in [1.165, 1.54) is 29.5 Å². The van der Waals surface area contributed by atoms with E-state index in [-0.39, 0.29) is 21.9 Å². The number of non-ortho nitro benzene ring substituents is 1. The van der Waals surface area contributed by atoms with E-state index in [1.54, 1.807) is 36.6 Å². The summed E-state index contributed by atoms with van der Waals surface area (Å²) >= 11 is 13.4. The van der Waals surface area contributed by atoms with Crippen molar-refractivity contribution in [1.82, 2.24) is 4.98 Å². The van der Waals surface area contributed by atoms with Gasteiger partial charge >= 0.3 is 5.63 Å². The molecule has 8 nitrogen and oxygen atoms in total. The number of halogens is 2. The fourth-order valence-electron chi connectivity index (χ4n) is 2.81. The van der Waals surface area contributed by atoms with E-state index in [2.05, 4.69) is 15.5 Å². The van der Waals surface area contributed by atoms with Crippen LogP contribution in [0.2, 0.25) is 10.0 Å². The zero-order chi connectivity index (χ0) is 22.1. The second-order valence-corrected chi connectivity index (χ2v) is 8.11. The molecule has 0 atom stereocenters. The van der Waals surface area contributed by atoms with Crippen LogP contribution in [0, 0.1) is 10.1 Å². The molecule has 11 heteroatoms. The van der Waals surface area contributed by atoms with Crippen LogP contribution >= 0.6 is 34.5 Å². The van der Waals surface area contributed by atoms with Gasteiger partial charge in [-0.15, -0.1) is 11.3 Å². The number of rotatable bonds is 5. The van der Waals surface area contributed by atoms with E-state index in [0.717, 1.165) is 5.56 Å². The molecule has 0 fully saturated rings. The summed E-state index contributed by atoms with van der Waals surface area (Å²) in [5, 5.41) is 18.5. The van der Waals surface area contributed by atoms with Crippen LogP contribution < -0.4 is 11.1 Å². The number of anilines is 1. The molecule has 0 radical (unpaired) electrons. The van der Waals surface area contributed by atoms with Gasteiger partial charge in [0.25, 0.3) is 5.69 Å². The first kappa shape index (κ1) is 21.0. The molecule has 0 saturated carbocycles. The Morgan fingerprint density at radius 2 is 1.97 bits per heavy atom. The number of hydrogen-bond donors (Lipinski definition) is 1. The minimum absolute atomic E-state index is 0.00865. The van der Waals surface area contributed by atoms with Crippen LogP contribution in [0.3, 0.4) is 0 Å². The third-order valence-corrected chi connectivity index (χ3v) is 5.58. The maximum atomic E-state index is 12.4. The molecule has 31 heavy (non-hydrogen) atoms. The number of aromatic nitrogens is 1. The van der Waals surface area contributed by atoms with E-state index < -0.39 is 10.5 Å². The van der Waals surface area contributed by atoms with E-state index in [1.807, 2.05) is 0 Å². The SMILES string of the molecule is C/C(=N/Nc1nc(-c2ccc([N+](=O)[O-])cc2)cs1)c1cc2cc(Cl)cc(Cl)c2oc1=O. The molecule has 0 aliphatic rings. The standard InChI is InChI=1S/C20H12Cl2N4O4S/c1-10(15-7-12-6-13(21)8-16(22)18(12)30-19(15)27)24-25-20-23-17(9-31-20)11-2-4-14(5-3-11)26(28)29/h2-9H,1H3,(H,23,25)/b24-10-. The molecular weight excluding hydrogens is 463 g/mol. The van der Waals surface area contributed by atoms with Gasteiger partial charge in [-0.25, -0.2) is 9.78 Å². The molecule has 0 unspecified atom stereocenters. The summed E-state index contributed by atoms with van der Waals surface area (Å²) in [6.45, 7) is 1.65. The Hall–Kier alpha value is -3.27. The van der Waals surface area contributed by atoms with Gasteiger partial charge in [-0.3, -0.25) is 15.5 Å². The molecule has 0 aliphatic carbocycles. The molecule has 2 aromatic carbocycles. The summed E-state index contributed by atoms with van der Waals surface area (Å²) in [7, 11) is 0. The van der Waals surface area contributed by atoms with Gasteiger partial charge < -0.3 is 4.42 Å². The Kier molecular flexibility index (Phi) is 5.73. The van der Waals surface area contributed by atoms with Crippen molar-refractivity contribution in [3.63, 3.8) is 0 Å². The lowest BCUT2D eigenvalue weighted by Gasteiger charge is -2.04. The highest BCUT2D eigenvalue weighted by Crippen LogP contribution is 2.28. The average Bonchev–Trinajstić information content (AvgIpc) is 3.21. The van der Waals surface area contributed by atoms with Crippen molar-refractivity contribution >= 4 is 62.0 Å². The molecule has 0 amide bonds. The second kappa shape index (κ2) is 8.46. The number of nitrogens with zero attached hydrogens (tertiary/aromatic N) is 3. The highest BCUT2D eigenvalue weighted by atomic mass is 35.5. The first-order chi connectivity index (χ1) is 14.8. The molecule has 4 aromatic rings. The van der Waals surface area contributed by atoms with Crippen molar-refractivity contribution in [3.05, 3.63) is 84.0 Å². The maximum absolute atomic E-state index is 12.4. The van der Waals surface area contributed by atoms with Crippen LogP contribution in [0.5, 0.6) is 0 Å². The van der Waals surface area contributed by atoms with Crippen molar-refractivity contribution in [2.45, 2.75) is 6.92 Å². The number of nitro benzene ring substituents is 1. The molecule has 0 spiro atoms. The van der Waals surface area contributed by atoms with Crippen LogP contribution in [0.25, 0.3) is 22.2 Å². The Bertz CT molecular complexity index is 1400. The quantitative estimate of drug-likeness (QED) is 0.165. The second-order valence-electron chi connectivity index (χ2n) is 6.40. The molecule has 2 heterocycles. The van der Waals surface area contributed by atoms with E-state index in [0.29, 0.717) is 26.9 Å². The van der Waals surface area contributed by atoms with E-state index >= 15 is 0 Å². The highest BCUT2D eigenvalue weighted by Gasteiger charge is 2.12. The zero-order valence-electron chi connectivity index (χ0n) is 15.8. The smallest absolute Gasteiger partial charge is 0.345 e. The van der Waals surface area contributed by atoms with Crippen molar-refractivity contribution in [3.8, 4) is 11.3 Å². The average molecular weight is 475 g/mol. The predicted molar refractivity (Wildman–Crippen MR) is 123 cm³/mol. The van der Waals surface area contributed by atoms with Gasteiger partial charge in [-0.1, -0.05) is 23.2 Å². The molecule has 1 N–H and O–H groups in total. The van der Waals surface area contributed by atoms with Crippen LogP contribution in [-0.2, 0) is 0 Å². The highest BCUT2D eigenvalue weighted by molar-refractivity contribution is 7.14. The number of nitro groups is 1. The van der Waals surface area contributed by atoms with Gasteiger partial charge in [0.15, 0.2) is 5.58 Å². The van der Waals surface area contributed by atoms with Crippen molar-refractivity contribution in [1.29, 1.82) is 0 Å². The summed E-state index contributed by atoms with van der Waals surface area (Å²) in [5.41, 5.74) is 4.53. The third kappa shape index (κ3) is 4.43. The van der Waals surface area contributed by atoms with Crippen molar-refractivity contribution in [2.24, 2.45) is 5.10 Å². The maximum Gasteiger partial charge on any atom is 0.345 e. The third-order valence-electron chi connectivity index (χ3n) is 4.34. The van der Waals surface area contributed by atoms with Crippen molar-refractivity contribution < 1.29 is 9.34 Å². The van der Waals surface area contributed by atoms with Gasteiger partial charge in [-0.05, 0) is 37.3 Å². The molecule has 0 saturated heterocycles. The largest absolute Gasteiger partial charge is 0.421 e. The van der Waals surface area contributed by atoms with Crippen molar-refractivity contribution in [2.75, 3.05) is 5.43 Å². The Balaban J connectivity index is 1.57. The first-order valence-corrected chi connectivity index (χ1v) is 10.4. The number of thiazole rings is 1. The number of nitrogens with one attached hydrogen (secondary N) is 1. The Labute approximate surface area is 188 Å². The lowest BCUT2D eigenvalue weighted by molar-refractivity contribution is -0.384. The fraction of sp³-hybridized carbons (Fsp3) is 0.0500. The van der Waals surface area contributed by atoms with Gasteiger partial charge in [0.2, 0.25) is 5.13 Å². The van der Waals surface area contributed by atoms with Gasteiger partial charge in [0.1, 0.15) is 0 Å². The molecule has 0 bridgehead atoms. The summed E-state index contributed by atoms with van der Waals surface area (Å²) < 4.78 is 5.32. The first-order valence-electron chi connectivity index (χ1n) is 8.76. The minimum atomic E-state index is -0.578. The van der Waals surface area contributed by atoms with Gasteiger partial charge in [0, 0.05) is 33.5 Å². The van der Waals surface area contributed by atoms with Gasteiger partial charge in [-0.2, -0.15) is 5.10 Å². The van der Waals surface area contributed by atoms with Crippen LogP contribution in [0.15, 0.2) is 62.2 Å². The topological polar surface area (TPSA) is 111 Å². The van der Waals surface area contributed by atoms with Crippen LogP contribution in [-0.4, -0.2) is 15.6 Å². The monoisotopic (exact) mass is 474 g/mol. The fourth-order valence-corrected chi connectivity index (χ4v) is 4.02. The number of fused-ring (bicyclic) bond motifs is 1. The summed E-state index contributed by atoms with van der Waals surface area (Å²) in [5.74, 6) is 0. The molecule has 0 aliphatic heterocycles. The Morgan fingerprint density at radius 1 is 1.23 bits per heavy atom. The predicted octanol–water partition coefficient (Wildman–Crippen LogP) is 5.97. The lowest BCUT2D eigenvalue weighted by Crippen LogP contribution is -2.13. The van der Waals surface area contributed by atoms with Crippen LogP contribution in [0.4, 0.5) is 10.8 Å². The van der Waals surface area contributed by atoms with Crippen LogP contribution in [0.1, 0.15) is 12.5 Å². The van der Waals surface area contributed by atoms with Gasteiger partial charge in [0.05, 0.1) is 26.9 Å². The normalized spacial score (nSPS) is 11.6. The number of hydrazone groups is 1. The molecule has 2 aromatic heterocycles. The zero-order valence-corrected chi connectivity index (χ0v) is 18.1. The molecule has 156 valence electrons. The summed E-state index contributed by atoms with van der Waals surface area (Å²) in [6.07, 6.45) is 0. The summed E-state index contributed by atoms with van der Waals surface area (Å²) in [6, 6.07) is 10.9. The summed E-state index contributed by atoms with van der Waals surface area (Å²) in [4.78, 5) is 27.1. The minimum Gasteiger partial charge on any atom is -0.421 e. The molecule has 4 rings (SSSR count). The lowest BCUT2D eigenvalue weighted by atomic mass is 10.1. The molecular formula is C20H12Cl2N4O4S. The number of hydrogen-bond acceptors (Lipinski definition) is 8. The van der Waals surface area contributed by atoms with E-state index in [9.17, 15) is 14.9 Å².